The molecule has 0 bridgehead atoms. The van der Waals surface area contributed by atoms with Gasteiger partial charge in [-0.25, -0.2) is 0 Å². The fraction of sp³-hybridized carbons (Fsp3) is 0.278. The van der Waals surface area contributed by atoms with Crippen LogP contribution in [0.5, 0.6) is 0 Å². The SMILES string of the molecule is Cc1cccc(N)c1C(=O)NC1CCCc2ccccc21. The van der Waals surface area contributed by atoms with E-state index in [9.17, 15) is 4.79 Å². The number of aryl methyl sites for hydroxylation is 2. The maximum Gasteiger partial charge on any atom is 0.254 e. The van der Waals surface area contributed by atoms with Crippen LogP contribution in [0.1, 0.15) is 45.9 Å². The van der Waals surface area contributed by atoms with Crippen molar-refractivity contribution in [3.05, 3.63) is 64.7 Å². The first-order valence-corrected chi connectivity index (χ1v) is 7.40. The highest BCUT2D eigenvalue weighted by molar-refractivity contribution is 6.00. The number of amides is 1. The van der Waals surface area contributed by atoms with E-state index in [2.05, 4.69) is 23.5 Å². The number of nitrogen functional groups attached to an aromatic ring is 1. The second-order valence-electron chi connectivity index (χ2n) is 5.66. The molecule has 3 heteroatoms. The van der Waals surface area contributed by atoms with Crippen LogP contribution in [0, 0.1) is 6.92 Å². The summed E-state index contributed by atoms with van der Waals surface area (Å²) >= 11 is 0. The average molecular weight is 280 g/mol. The van der Waals surface area contributed by atoms with Gasteiger partial charge in [-0.3, -0.25) is 4.79 Å². The summed E-state index contributed by atoms with van der Waals surface area (Å²) in [4.78, 5) is 12.6. The van der Waals surface area contributed by atoms with E-state index >= 15 is 0 Å². The summed E-state index contributed by atoms with van der Waals surface area (Å²) < 4.78 is 0. The van der Waals surface area contributed by atoms with Crippen molar-refractivity contribution in [2.45, 2.75) is 32.2 Å². The molecule has 1 aliphatic rings. The molecule has 0 saturated carbocycles. The van der Waals surface area contributed by atoms with Crippen molar-refractivity contribution in [3.63, 3.8) is 0 Å². The molecular formula is C18H20N2O. The Kier molecular flexibility index (Phi) is 3.65. The molecule has 0 heterocycles. The Hall–Kier alpha value is -2.29. The minimum atomic E-state index is -0.0766. The third-order valence-electron chi connectivity index (χ3n) is 4.21. The molecule has 3 rings (SSSR count). The van der Waals surface area contributed by atoms with Gasteiger partial charge >= 0.3 is 0 Å². The van der Waals surface area contributed by atoms with Crippen molar-refractivity contribution in [1.82, 2.24) is 5.32 Å². The van der Waals surface area contributed by atoms with Crippen LogP contribution >= 0.6 is 0 Å². The summed E-state index contributed by atoms with van der Waals surface area (Å²) in [7, 11) is 0. The third kappa shape index (κ3) is 2.64. The maximum atomic E-state index is 12.6. The second kappa shape index (κ2) is 5.60. The summed E-state index contributed by atoms with van der Waals surface area (Å²) in [6.45, 7) is 1.92. The number of rotatable bonds is 2. The lowest BCUT2D eigenvalue weighted by atomic mass is 9.87. The smallest absolute Gasteiger partial charge is 0.254 e. The Balaban J connectivity index is 1.86. The number of benzene rings is 2. The minimum absolute atomic E-state index is 0.0766. The van der Waals surface area contributed by atoms with Crippen molar-refractivity contribution < 1.29 is 4.79 Å². The van der Waals surface area contributed by atoms with Gasteiger partial charge in [0.05, 0.1) is 11.6 Å². The molecule has 0 spiro atoms. The fourth-order valence-corrected chi connectivity index (χ4v) is 3.13. The van der Waals surface area contributed by atoms with E-state index in [1.807, 2.05) is 25.1 Å². The maximum absolute atomic E-state index is 12.6. The molecule has 108 valence electrons. The number of hydrogen-bond acceptors (Lipinski definition) is 2. The zero-order valence-electron chi connectivity index (χ0n) is 12.2. The lowest BCUT2D eigenvalue weighted by Gasteiger charge is -2.26. The van der Waals surface area contributed by atoms with Crippen molar-refractivity contribution in [3.8, 4) is 0 Å². The Morgan fingerprint density at radius 3 is 2.81 bits per heavy atom. The zero-order chi connectivity index (χ0) is 14.8. The predicted octanol–water partition coefficient (Wildman–Crippen LogP) is 3.38. The molecule has 0 fully saturated rings. The van der Waals surface area contributed by atoms with Crippen LogP contribution in [0.4, 0.5) is 5.69 Å². The van der Waals surface area contributed by atoms with E-state index in [0.29, 0.717) is 11.3 Å². The van der Waals surface area contributed by atoms with E-state index in [0.717, 1.165) is 24.8 Å². The molecule has 3 N–H and O–H groups in total. The van der Waals surface area contributed by atoms with E-state index < -0.39 is 0 Å². The van der Waals surface area contributed by atoms with Crippen LogP contribution in [-0.2, 0) is 6.42 Å². The van der Waals surface area contributed by atoms with Crippen molar-refractivity contribution >= 4 is 11.6 Å². The van der Waals surface area contributed by atoms with Gasteiger partial charge in [-0.05, 0) is 48.9 Å². The number of anilines is 1. The number of nitrogens with two attached hydrogens (primary N) is 1. The topological polar surface area (TPSA) is 55.1 Å². The van der Waals surface area contributed by atoms with Gasteiger partial charge in [0, 0.05) is 5.69 Å². The molecule has 1 unspecified atom stereocenters. The molecule has 21 heavy (non-hydrogen) atoms. The van der Waals surface area contributed by atoms with Crippen molar-refractivity contribution in [1.29, 1.82) is 0 Å². The van der Waals surface area contributed by atoms with Gasteiger partial charge in [0.2, 0.25) is 0 Å². The Morgan fingerprint density at radius 2 is 2.00 bits per heavy atom. The van der Waals surface area contributed by atoms with E-state index in [1.165, 1.54) is 11.1 Å². The Labute approximate surface area is 125 Å². The molecular weight excluding hydrogens is 260 g/mol. The van der Waals surface area contributed by atoms with Crippen LogP contribution in [-0.4, -0.2) is 5.91 Å². The molecule has 1 atom stereocenters. The Bertz CT molecular complexity index is 658. The highest BCUT2D eigenvalue weighted by Crippen LogP contribution is 2.30. The largest absolute Gasteiger partial charge is 0.398 e. The quantitative estimate of drug-likeness (QED) is 0.829. The fourth-order valence-electron chi connectivity index (χ4n) is 3.13. The highest BCUT2D eigenvalue weighted by atomic mass is 16.1. The van der Waals surface area contributed by atoms with Crippen LogP contribution in [0.3, 0.4) is 0 Å². The van der Waals surface area contributed by atoms with Gasteiger partial charge in [0.1, 0.15) is 0 Å². The molecule has 2 aromatic carbocycles. The predicted molar refractivity (Wildman–Crippen MR) is 85.2 cm³/mol. The summed E-state index contributed by atoms with van der Waals surface area (Å²) in [5, 5.41) is 3.15. The molecule has 0 aromatic heterocycles. The zero-order valence-corrected chi connectivity index (χ0v) is 12.2. The number of hydrogen-bond donors (Lipinski definition) is 2. The van der Waals surface area contributed by atoms with Gasteiger partial charge in [-0.15, -0.1) is 0 Å². The lowest BCUT2D eigenvalue weighted by molar-refractivity contribution is 0.0933. The third-order valence-corrected chi connectivity index (χ3v) is 4.21. The van der Waals surface area contributed by atoms with Gasteiger partial charge in [-0.1, -0.05) is 36.4 Å². The summed E-state index contributed by atoms with van der Waals surface area (Å²) in [5.74, 6) is -0.0766. The second-order valence-corrected chi connectivity index (χ2v) is 5.66. The normalized spacial score (nSPS) is 17.1. The molecule has 1 aliphatic carbocycles. The Morgan fingerprint density at radius 1 is 1.19 bits per heavy atom. The van der Waals surface area contributed by atoms with Gasteiger partial charge < -0.3 is 11.1 Å². The first-order chi connectivity index (χ1) is 10.2. The van der Waals surface area contributed by atoms with Gasteiger partial charge in [0.25, 0.3) is 5.91 Å². The van der Waals surface area contributed by atoms with Crippen LogP contribution < -0.4 is 11.1 Å². The molecule has 2 aromatic rings. The van der Waals surface area contributed by atoms with Crippen molar-refractivity contribution in [2.24, 2.45) is 0 Å². The number of nitrogens with one attached hydrogen (secondary N) is 1. The summed E-state index contributed by atoms with van der Waals surface area (Å²) in [6.07, 6.45) is 3.18. The molecule has 1 amide bonds. The van der Waals surface area contributed by atoms with Gasteiger partial charge in [-0.2, -0.15) is 0 Å². The van der Waals surface area contributed by atoms with Crippen LogP contribution in [0.2, 0.25) is 0 Å². The number of fused-ring (bicyclic) bond motifs is 1. The lowest BCUT2D eigenvalue weighted by Crippen LogP contribution is -2.31. The molecule has 0 radical (unpaired) electrons. The monoisotopic (exact) mass is 280 g/mol. The highest BCUT2D eigenvalue weighted by Gasteiger charge is 2.23. The summed E-state index contributed by atoms with van der Waals surface area (Å²) in [5.41, 5.74) is 10.6. The van der Waals surface area contributed by atoms with E-state index in [4.69, 9.17) is 5.73 Å². The van der Waals surface area contributed by atoms with Gasteiger partial charge in [0.15, 0.2) is 0 Å². The number of carbonyl (C=O) groups is 1. The van der Waals surface area contributed by atoms with Crippen LogP contribution in [0.25, 0.3) is 0 Å². The minimum Gasteiger partial charge on any atom is -0.398 e. The average Bonchev–Trinajstić information content (AvgIpc) is 2.47. The van der Waals surface area contributed by atoms with E-state index in [-0.39, 0.29) is 11.9 Å². The van der Waals surface area contributed by atoms with E-state index in [1.54, 1.807) is 6.07 Å². The van der Waals surface area contributed by atoms with Crippen LogP contribution in [0.15, 0.2) is 42.5 Å². The number of carbonyl (C=O) groups excluding carboxylic acids is 1. The molecule has 3 nitrogen and oxygen atoms in total. The standard InChI is InChI=1S/C18H20N2O/c1-12-6-4-10-15(19)17(12)18(21)20-16-11-5-8-13-7-2-3-9-14(13)16/h2-4,6-7,9-10,16H,5,8,11,19H2,1H3,(H,20,21). The first-order valence-electron chi connectivity index (χ1n) is 7.40. The van der Waals surface area contributed by atoms with Crippen molar-refractivity contribution in [2.75, 3.05) is 5.73 Å². The first kappa shape index (κ1) is 13.7. The molecule has 0 aliphatic heterocycles. The summed E-state index contributed by atoms with van der Waals surface area (Å²) in [6, 6.07) is 14.0. The molecule has 0 saturated heterocycles.